The van der Waals surface area contributed by atoms with Crippen molar-refractivity contribution in [3.63, 3.8) is 0 Å². The highest BCUT2D eigenvalue weighted by Gasteiger charge is 2.22. The van der Waals surface area contributed by atoms with E-state index in [1.165, 1.54) is 0 Å². The Balaban J connectivity index is 2.04. The highest BCUT2D eigenvalue weighted by Crippen LogP contribution is 2.31. The number of esters is 1. The maximum atomic E-state index is 11.3. The summed E-state index contributed by atoms with van der Waals surface area (Å²) in [5.41, 5.74) is 2.54. The van der Waals surface area contributed by atoms with Crippen molar-refractivity contribution in [2.75, 3.05) is 6.61 Å². The number of rotatable bonds is 4. The topological polar surface area (TPSA) is 35.5 Å². The summed E-state index contributed by atoms with van der Waals surface area (Å²) in [5, 5.41) is 0. The number of hydrogen-bond acceptors (Lipinski definition) is 3. The van der Waals surface area contributed by atoms with Gasteiger partial charge >= 0.3 is 5.97 Å². The quantitative estimate of drug-likeness (QED) is 0.591. The highest BCUT2D eigenvalue weighted by atomic mass is 16.5. The van der Waals surface area contributed by atoms with E-state index in [-0.39, 0.29) is 18.7 Å². The summed E-state index contributed by atoms with van der Waals surface area (Å²) in [6.07, 6.45) is 1.19. The van der Waals surface area contributed by atoms with E-state index in [1.54, 1.807) is 6.92 Å². The Morgan fingerprint density at radius 3 is 2.82 bits per heavy atom. The first kappa shape index (κ1) is 11.9. The fraction of sp³-hybridized carbons (Fsp3) is 0.357. The third kappa shape index (κ3) is 2.74. The van der Waals surface area contributed by atoms with Crippen LogP contribution in [0.4, 0.5) is 0 Å². The van der Waals surface area contributed by atoms with Gasteiger partial charge in [-0.05, 0) is 18.1 Å². The molecular weight excluding hydrogens is 216 g/mol. The molecule has 2 rings (SSSR count). The van der Waals surface area contributed by atoms with Gasteiger partial charge < -0.3 is 9.47 Å². The minimum absolute atomic E-state index is 0.162. The molecule has 1 saturated heterocycles. The Hall–Kier alpha value is -1.61. The second kappa shape index (κ2) is 5.15. The Kier molecular flexibility index (Phi) is 3.59. The molecule has 1 fully saturated rings. The van der Waals surface area contributed by atoms with Crippen LogP contribution in [0.3, 0.4) is 0 Å². The predicted molar refractivity (Wildman–Crippen MR) is 64.4 cm³/mol. The average molecular weight is 232 g/mol. The van der Waals surface area contributed by atoms with Crippen molar-refractivity contribution in [3.8, 4) is 0 Å². The highest BCUT2D eigenvalue weighted by molar-refractivity contribution is 5.86. The molecule has 0 amide bonds. The summed E-state index contributed by atoms with van der Waals surface area (Å²) in [4.78, 5) is 11.3. The SMILES string of the molecule is C=C(C)C(=O)OCc1ccccc1C1CCO1. The predicted octanol–water partition coefficient (Wildman–Crippen LogP) is 2.77. The molecule has 17 heavy (non-hydrogen) atoms. The zero-order valence-corrected chi connectivity index (χ0v) is 9.94. The van der Waals surface area contributed by atoms with Crippen LogP contribution in [0.15, 0.2) is 36.4 Å². The molecule has 0 spiro atoms. The lowest BCUT2D eigenvalue weighted by Crippen LogP contribution is -2.20. The summed E-state index contributed by atoms with van der Waals surface area (Å²) < 4.78 is 10.6. The lowest BCUT2D eigenvalue weighted by Gasteiger charge is -2.28. The summed E-state index contributed by atoms with van der Waals surface area (Å²) in [6, 6.07) is 7.89. The molecule has 0 aromatic heterocycles. The Morgan fingerprint density at radius 2 is 2.24 bits per heavy atom. The Bertz CT molecular complexity index is 433. The van der Waals surface area contributed by atoms with Crippen LogP contribution in [-0.4, -0.2) is 12.6 Å². The van der Waals surface area contributed by atoms with E-state index in [0.717, 1.165) is 24.2 Å². The molecule has 1 aromatic rings. The zero-order valence-electron chi connectivity index (χ0n) is 9.94. The van der Waals surface area contributed by atoms with Crippen molar-refractivity contribution in [2.24, 2.45) is 0 Å². The minimum Gasteiger partial charge on any atom is -0.457 e. The third-order valence-electron chi connectivity index (χ3n) is 2.81. The lowest BCUT2D eigenvalue weighted by molar-refractivity contribution is -0.140. The standard InChI is InChI=1S/C14H16O3/c1-10(2)14(15)17-9-11-5-3-4-6-12(11)13-7-8-16-13/h3-6,13H,1,7-9H2,2H3. The molecule has 1 atom stereocenters. The third-order valence-corrected chi connectivity index (χ3v) is 2.81. The molecule has 3 nitrogen and oxygen atoms in total. The van der Waals surface area contributed by atoms with Gasteiger partial charge in [0, 0.05) is 12.0 Å². The molecule has 3 heteroatoms. The van der Waals surface area contributed by atoms with Crippen LogP contribution in [0.25, 0.3) is 0 Å². The molecular formula is C14H16O3. The number of carbonyl (C=O) groups excluding carboxylic acids is 1. The molecule has 90 valence electrons. The molecule has 1 unspecified atom stereocenters. The van der Waals surface area contributed by atoms with Crippen molar-refractivity contribution in [3.05, 3.63) is 47.5 Å². The van der Waals surface area contributed by atoms with Crippen molar-refractivity contribution in [1.29, 1.82) is 0 Å². The van der Waals surface area contributed by atoms with Crippen LogP contribution in [0.1, 0.15) is 30.6 Å². The number of carbonyl (C=O) groups is 1. The van der Waals surface area contributed by atoms with Gasteiger partial charge in [0.2, 0.25) is 0 Å². The van der Waals surface area contributed by atoms with Crippen molar-refractivity contribution < 1.29 is 14.3 Å². The molecule has 1 aliphatic heterocycles. The van der Waals surface area contributed by atoms with Gasteiger partial charge in [0.25, 0.3) is 0 Å². The fourth-order valence-corrected chi connectivity index (χ4v) is 1.73. The molecule has 0 saturated carbocycles. The summed E-state index contributed by atoms with van der Waals surface area (Å²) in [7, 11) is 0. The number of hydrogen-bond donors (Lipinski definition) is 0. The smallest absolute Gasteiger partial charge is 0.333 e. The first-order chi connectivity index (χ1) is 8.18. The van der Waals surface area contributed by atoms with Crippen LogP contribution in [0, 0.1) is 0 Å². The van der Waals surface area contributed by atoms with Gasteiger partial charge in [-0.15, -0.1) is 0 Å². The van der Waals surface area contributed by atoms with Gasteiger partial charge in [-0.25, -0.2) is 4.79 Å². The van der Waals surface area contributed by atoms with E-state index < -0.39 is 0 Å². The maximum Gasteiger partial charge on any atom is 0.333 e. The van der Waals surface area contributed by atoms with Gasteiger partial charge in [0.1, 0.15) is 6.61 Å². The Morgan fingerprint density at radius 1 is 1.53 bits per heavy atom. The molecule has 0 aliphatic carbocycles. The monoisotopic (exact) mass is 232 g/mol. The van der Waals surface area contributed by atoms with Gasteiger partial charge in [0.15, 0.2) is 0 Å². The number of ether oxygens (including phenoxy) is 2. The van der Waals surface area contributed by atoms with Gasteiger partial charge in [-0.2, -0.15) is 0 Å². The van der Waals surface area contributed by atoms with Crippen LogP contribution in [0.5, 0.6) is 0 Å². The molecule has 1 aliphatic rings. The zero-order chi connectivity index (χ0) is 12.3. The van der Waals surface area contributed by atoms with Gasteiger partial charge in [-0.1, -0.05) is 30.8 Å². The largest absolute Gasteiger partial charge is 0.457 e. The van der Waals surface area contributed by atoms with E-state index in [0.29, 0.717) is 5.57 Å². The van der Waals surface area contributed by atoms with Crippen molar-refractivity contribution in [2.45, 2.75) is 26.1 Å². The van der Waals surface area contributed by atoms with Gasteiger partial charge in [0.05, 0.1) is 12.7 Å². The van der Waals surface area contributed by atoms with E-state index in [9.17, 15) is 4.79 Å². The van der Waals surface area contributed by atoms with Crippen LogP contribution in [0.2, 0.25) is 0 Å². The molecule has 0 radical (unpaired) electrons. The molecule has 0 N–H and O–H groups in total. The maximum absolute atomic E-state index is 11.3. The normalized spacial score (nSPS) is 18.3. The summed E-state index contributed by atoms with van der Waals surface area (Å²) in [6.45, 7) is 6.28. The second-order valence-corrected chi connectivity index (χ2v) is 4.20. The van der Waals surface area contributed by atoms with Gasteiger partial charge in [-0.3, -0.25) is 0 Å². The van der Waals surface area contributed by atoms with E-state index >= 15 is 0 Å². The fourth-order valence-electron chi connectivity index (χ4n) is 1.73. The average Bonchev–Trinajstić information content (AvgIpc) is 2.25. The van der Waals surface area contributed by atoms with Crippen LogP contribution in [-0.2, 0) is 20.9 Å². The first-order valence-electron chi connectivity index (χ1n) is 5.70. The molecule has 0 bridgehead atoms. The van der Waals surface area contributed by atoms with E-state index in [2.05, 4.69) is 6.58 Å². The van der Waals surface area contributed by atoms with Crippen LogP contribution < -0.4 is 0 Å². The van der Waals surface area contributed by atoms with Crippen LogP contribution >= 0.6 is 0 Å². The second-order valence-electron chi connectivity index (χ2n) is 4.20. The minimum atomic E-state index is -0.352. The van der Waals surface area contributed by atoms with E-state index in [1.807, 2.05) is 24.3 Å². The summed E-state index contributed by atoms with van der Waals surface area (Å²) >= 11 is 0. The van der Waals surface area contributed by atoms with Crippen molar-refractivity contribution >= 4 is 5.97 Å². The number of benzene rings is 1. The van der Waals surface area contributed by atoms with E-state index in [4.69, 9.17) is 9.47 Å². The lowest BCUT2D eigenvalue weighted by atomic mass is 9.98. The molecule has 1 aromatic carbocycles. The molecule has 1 heterocycles. The first-order valence-corrected chi connectivity index (χ1v) is 5.70. The summed E-state index contributed by atoms with van der Waals surface area (Å²) in [5.74, 6) is -0.352. The Labute approximate surface area is 101 Å². The van der Waals surface area contributed by atoms with Crippen molar-refractivity contribution in [1.82, 2.24) is 0 Å².